The van der Waals surface area contributed by atoms with Crippen LogP contribution < -0.4 is 54.0 Å². The number of carbonyl (C=O) groups excluding carboxylic acids is 15. The van der Waals surface area contributed by atoms with E-state index < -0.39 is 181 Å². The molecule has 0 aliphatic carbocycles. The molecule has 0 fully saturated rings. The Labute approximate surface area is 707 Å². The van der Waals surface area contributed by atoms with Gasteiger partial charge in [-0.05, 0) is 70.7 Å². The van der Waals surface area contributed by atoms with Crippen LogP contribution in [-0.2, 0) is 109 Å². The van der Waals surface area contributed by atoms with Crippen LogP contribution in [0.4, 0.5) is 0 Å². The van der Waals surface area contributed by atoms with Crippen molar-refractivity contribution in [3.8, 4) is 5.75 Å². The largest absolute Gasteiger partial charge is 0.508 e. The van der Waals surface area contributed by atoms with Crippen molar-refractivity contribution in [3.05, 3.63) is 174 Å². The zero-order chi connectivity index (χ0) is 89.2. The number of fused-ring (bicyclic) bond motifs is 1. The minimum Gasteiger partial charge on any atom is -0.508 e. The van der Waals surface area contributed by atoms with Gasteiger partial charge in [0.1, 0.15) is 60.1 Å². The lowest BCUT2D eigenvalue weighted by Gasteiger charge is -2.37. The van der Waals surface area contributed by atoms with Gasteiger partial charge in [-0.3, -0.25) is 76.7 Å². The van der Waals surface area contributed by atoms with E-state index in [0.29, 0.717) is 40.7 Å². The number of carboxylic acid groups (broad SMARTS) is 1. The molecule has 6 aromatic rings. The standard InChI is InChI=1S/C86H114N16O18S/c1-11-12-32-67(100(8)85(119)69(43-56-28-20-15-21-29-56)102(10)83(117)66(41-54-24-16-13-17-25-54)94-74(108)51-121-38-37-71(105)90-47-70(87)104)84(118)99(7)50-73(107)93-65(45-76(110)111)81(115)97-77(53(4)5)86(120)101(9)68(42-55-26-18-14-19-27-55)82(116)91-48-75(109)98(6)49-72(106)92-64(44-58-46-89-61-31-23-22-30-60(58)61)80(114)96-63(40-57-33-35-59(103)36-34-57)79(113)95-62(78(88)112)39-52(2)3/h13-31,33-36,46,52-53,62-69,77,89,103H,11-12,32,37-45,47-51H2,1-10H3,(H2,87,104)(H2,88,112)(H,90,105)(H,91,116)(H,92,106)(H,93,107)(H,94,108)(H,95,113)(H,96,114)(H,97,115)(H,110,111)/t62-,63-,64-,65?,66-,67-,68-,69-,77?/m0/s1. The van der Waals surface area contributed by atoms with Crippen LogP contribution in [0, 0.1) is 11.8 Å². The van der Waals surface area contributed by atoms with E-state index in [1.54, 1.807) is 141 Å². The molecule has 6 rings (SSSR count). The molecule has 15 amide bonds. The highest BCUT2D eigenvalue weighted by molar-refractivity contribution is 7.99. The van der Waals surface area contributed by atoms with Crippen LogP contribution in [-0.4, -0.2) is 262 Å². The average molecular weight is 1690 g/mol. The van der Waals surface area contributed by atoms with E-state index >= 15 is 4.79 Å². The van der Waals surface area contributed by atoms with Gasteiger partial charge in [0, 0.05) is 96.6 Å². The summed E-state index contributed by atoms with van der Waals surface area (Å²) >= 11 is 1.11. The molecule has 9 atom stereocenters. The molecule has 0 spiro atoms. The maximum absolute atomic E-state index is 15.2. The summed E-state index contributed by atoms with van der Waals surface area (Å²) in [6, 6.07) is 26.8. The molecule has 1 aromatic heterocycles. The zero-order valence-electron chi connectivity index (χ0n) is 70.0. The highest BCUT2D eigenvalue weighted by atomic mass is 32.2. The van der Waals surface area contributed by atoms with Crippen LogP contribution in [0.2, 0.25) is 0 Å². The molecule has 34 nitrogen and oxygen atoms in total. The number of para-hydroxylation sites is 1. The first-order valence-corrected chi connectivity index (χ1v) is 41.0. The molecular formula is C86H114N16O18S. The fourth-order valence-electron chi connectivity index (χ4n) is 13.4. The quantitative estimate of drug-likeness (QED) is 0.0240. The Bertz CT molecular complexity index is 4560. The second kappa shape index (κ2) is 48.4. The summed E-state index contributed by atoms with van der Waals surface area (Å²) in [6.07, 6.45) is 1.41. The molecule has 0 bridgehead atoms. The fraction of sp³-hybridized carbons (Fsp3) is 0.442. The number of aromatic hydroxyl groups is 1. The SMILES string of the molecule is CCCC[C@@H](C(=O)N(C)CC(=O)NC(CC(=O)O)C(=O)NC(C(=O)N(C)[C@@H](Cc1ccccc1)C(=O)NCC(=O)N(C)CC(=O)N[C@@H](Cc1c[nH]c2ccccc12)C(=O)N[C@@H](Cc1ccc(O)cc1)C(=O)N[C@@H](CC(C)C)C(N)=O)C(C)C)N(C)C(=O)[C@H](Cc1ccccc1)N(C)C(=O)[C@H](Cc1ccccc1)NC(=O)CSCCC(=O)NCC(N)=O. The zero-order valence-corrected chi connectivity index (χ0v) is 70.8. The van der Waals surface area contributed by atoms with Gasteiger partial charge in [0.05, 0.1) is 38.4 Å². The molecule has 1 heterocycles. The van der Waals surface area contributed by atoms with Crippen molar-refractivity contribution in [2.45, 2.75) is 160 Å². The molecule has 0 saturated heterocycles. The topological polar surface area (TPSA) is 494 Å². The summed E-state index contributed by atoms with van der Waals surface area (Å²) < 4.78 is 0. The number of hydrogen-bond donors (Lipinski definition) is 13. The van der Waals surface area contributed by atoms with E-state index in [1.807, 2.05) is 26.8 Å². The van der Waals surface area contributed by atoms with Crippen molar-refractivity contribution in [2.75, 3.05) is 72.9 Å². The molecule has 652 valence electrons. The Morgan fingerprint density at radius 1 is 0.471 bits per heavy atom. The highest BCUT2D eigenvalue weighted by Gasteiger charge is 2.41. The number of aliphatic carboxylic acids is 1. The van der Waals surface area contributed by atoms with Crippen molar-refractivity contribution in [2.24, 2.45) is 23.3 Å². The highest BCUT2D eigenvalue weighted by Crippen LogP contribution is 2.23. The summed E-state index contributed by atoms with van der Waals surface area (Å²) in [6.45, 7) is 6.14. The predicted molar refractivity (Wildman–Crippen MR) is 453 cm³/mol. The molecule has 35 heteroatoms. The first-order valence-electron chi connectivity index (χ1n) is 39.9. The number of aromatic amines is 1. The molecule has 121 heavy (non-hydrogen) atoms. The maximum atomic E-state index is 15.2. The van der Waals surface area contributed by atoms with Crippen molar-refractivity contribution in [3.63, 3.8) is 0 Å². The van der Waals surface area contributed by atoms with Crippen molar-refractivity contribution >= 4 is 117 Å². The first-order chi connectivity index (χ1) is 57.4. The number of carbonyl (C=O) groups is 16. The van der Waals surface area contributed by atoms with E-state index in [9.17, 15) is 82.1 Å². The van der Waals surface area contributed by atoms with Gasteiger partial charge in [-0.2, -0.15) is 11.8 Å². The number of thioether (sulfide) groups is 1. The van der Waals surface area contributed by atoms with Crippen LogP contribution in [0.15, 0.2) is 146 Å². The third-order valence-corrected chi connectivity index (χ3v) is 21.1. The van der Waals surface area contributed by atoms with Crippen LogP contribution >= 0.6 is 11.8 Å². The monoisotopic (exact) mass is 1690 g/mol. The minimum absolute atomic E-state index is 0.00998. The normalized spacial score (nSPS) is 13.3. The number of unbranched alkanes of at least 4 members (excludes halogenated alkanes) is 1. The third-order valence-electron chi connectivity index (χ3n) is 20.1. The van der Waals surface area contributed by atoms with E-state index in [2.05, 4.69) is 47.5 Å². The molecule has 0 aliphatic heterocycles. The molecular weight excluding hydrogens is 1580 g/mol. The number of phenolic OH excluding ortho intramolecular Hbond substituents is 1. The van der Waals surface area contributed by atoms with Gasteiger partial charge in [-0.1, -0.05) is 169 Å². The Morgan fingerprint density at radius 2 is 0.967 bits per heavy atom. The fourth-order valence-corrected chi connectivity index (χ4v) is 14.1. The number of amides is 15. The third kappa shape index (κ3) is 31.5. The number of nitrogens with one attached hydrogen (secondary N) is 9. The second-order valence-electron chi connectivity index (χ2n) is 30.6. The number of rotatable bonds is 49. The van der Waals surface area contributed by atoms with E-state index in [1.165, 1.54) is 57.2 Å². The molecule has 5 aromatic carbocycles. The summed E-state index contributed by atoms with van der Waals surface area (Å²) in [5.41, 5.74) is 14.5. The lowest BCUT2D eigenvalue weighted by atomic mass is 9.99. The number of primary amides is 2. The van der Waals surface area contributed by atoms with Crippen LogP contribution in [0.3, 0.4) is 0 Å². The molecule has 0 saturated carbocycles. The Balaban J connectivity index is 1.15. The first kappa shape index (κ1) is 97.1. The summed E-state index contributed by atoms with van der Waals surface area (Å²) in [7, 11) is 6.64. The van der Waals surface area contributed by atoms with Gasteiger partial charge >= 0.3 is 5.97 Å². The van der Waals surface area contributed by atoms with Crippen molar-refractivity contribution < 1.29 is 86.9 Å². The summed E-state index contributed by atoms with van der Waals surface area (Å²) in [5, 5.41) is 41.7. The smallest absolute Gasteiger partial charge is 0.305 e. The van der Waals surface area contributed by atoms with Gasteiger partial charge in [0.25, 0.3) is 0 Å². The van der Waals surface area contributed by atoms with Crippen LogP contribution in [0.1, 0.15) is 101 Å². The number of hydrogen-bond acceptors (Lipinski definition) is 18. The summed E-state index contributed by atoms with van der Waals surface area (Å²) in [4.78, 5) is 230. The van der Waals surface area contributed by atoms with E-state index in [-0.39, 0.29) is 81.1 Å². The van der Waals surface area contributed by atoms with Crippen LogP contribution in [0.25, 0.3) is 10.9 Å². The van der Waals surface area contributed by atoms with Crippen molar-refractivity contribution in [1.29, 1.82) is 0 Å². The number of aromatic nitrogens is 1. The van der Waals surface area contributed by atoms with Gasteiger partial charge in [0.2, 0.25) is 88.6 Å². The van der Waals surface area contributed by atoms with Gasteiger partial charge in [-0.15, -0.1) is 0 Å². The lowest BCUT2D eigenvalue weighted by molar-refractivity contribution is -0.151. The number of benzene rings is 5. The second-order valence-corrected chi connectivity index (χ2v) is 31.7. The van der Waals surface area contributed by atoms with Crippen LogP contribution in [0.5, 0.6) is 5.75 Å². The molecule has 15 N–H and O–H groups in total. The van der Waals surface area contributed by atoms with E-state index in [4.69, 9.17) is 11.5 Å². The van der Waals surface area contributed by atoms with Gasteiger partial charge in [0.15, 0.2) is 0 Å². The molecule has 0 radical (unpaired) electrons. The number of nitrogens with zero attached hydrogens (tertiary/aromatic N) is 5. The number of carboxylic acids is 1. The van der Waals surface area contributed by atoms with Crippen molar-refractivity contribution in [1.82, 2.24) is 72.0 Å². The molecule has 2 unspecified atom stereocenters. The lowest BCUT2D eigenvalue weighted by Crippen LogP contribution is -2.60. The Morgan fingerprint density at radius 3 is 1.53 bits per heavy atom. The number of likely N-dealkylation sites (N-methyl/N-ethyl adjacent to an activating group) is 5. The van der Waals surface area contributed by atoms with E-state index in [0.717, 1.165) is 37.4 Å². The predicted octanol–water partition coefficient (Wildman–Crippen LogP) is 1.39. The Kier molecular flexibility index (Phi) is 38.9. The number of phenols is 1. The average Bonchev–Trinajstić information content (AvgIpc) is 1.53. The summed E-state index contributed by atoms with van der Waals surface area (Å²) in [5.74, 6) is -14.1. The van der Waals surface area contributed by atoms with Gasteiger partial charge in [-0.25, -0.2) is 0 Å². The number of H-pyrrole nitrogens is 1. The molecule has 0 aliphatic rings. The number of nitrogens with two attached hydrogens (primary N) is 2. The Hall–Kier alpha value is -12.7. The van der Waals surface area contributed by atoms with Gasteiger partial charge < -0.3 is 93.7 Å². The maximum Gasteiger partial charge on any atom is 0.305 e. The minimum atomic E-state index is -1.87.